The molecule has 0 aliphatic carbocycles. The lowest BCUT2D eigenvalue weighted by molar-refractivity contribution is 0.102. The number of carbonyl (C=O) groups excluding carboxylic acids is 1. The first-order valence-electron chi connectivity index (χ1n) is 9.45. The van der Waals surface area contributed by atoms with E-state index in [0.717, 1.165) is 0 Å². The zero-order valence-corrected chi connectivity index (χ0v) is 18.0. The van der Waals surface area contributed by atoms with Gasteiger partial charge in [-0.2, -0.15) is 0 Å². The lowest BCUT2D eigenvalue weighted by Gasteiger charge is -2.11. The minimum absolute atomic E-state index is 0.0580. The molecule has 0 saturated carbocycles. The van der Waals surface area contributed by atoms with Crippen LogP contribution in [0.25, 0.3) is 11.1 Å². The largest absolute Gasteiger partial charge is 0.495 e. The fourth-order valence-corrected chi connectivity index (χ4v) is 4.20. The maximum absolute atomic E-state index is 12.7. The summed E-state index contributed by atoms with van der Waals surface area (Å²) in [6, 6.07) is 17.1. The van der Waals surface area contributed by atoms with Gasteiger partial charge in [0, 0.05) is 24.4 Å². The van der Waals surface area contributed by atoms with Crippen LogP contribution in [0.5, 0.6) is 5.75 Å². The smallest absolute Gasteiger partial charge is 0.419 e. The highest BCUT2D eigenvalue weighted by Crippen LogP contribution is 2.24. The molecule has 10 heteroatoms. The Morgan fingerprint density at radius 2 is 1.75 bits per heavy atom. The van der Waals surface area contributed by atoms with Crippen molar-refractivity contribution >= 4 is 38.4 Å². The lowest BCUT2D eigenvalue weighted by atomic mass is 10.2. The Hall–Kier alpha value is -4.05. The van der Waals surface area contributed by atoms with Crippen LogP contribution in [-0.2, 0) is 17.1 Å². The van der Waals surface area contributed by atoms with E-state index in [0.29, 0.717) is 22.5 Å². The number of oxazole rings is 1. The monoisotopic (exact) mass is 453 g/mol. The highest BCUT2D eigenvalue weighted by atomic mass is 32.2. The molecule has 0 aliphatic rings. The predicted octanol–water partition coefficient (Wildman–Crippen LogP) is 3.19. The number of benzene rings is 3. The fraction of sp³-hybridized carbons (Fsp3) is 0.0909. The Kier molecular flexibility index (Phi) is 5.45. The fourth-order valence-electron chi connectivity index (χ4n) is 3.13. The second kappa shape index (κ2) is 8.23. The average molecular weight is 453 g/mol. The Bertz CT molecular complexity index is 1470. The van der Waals surface area contributed by atoms with Crippen molar-refractivity contribution < 1.29 is 22.4 Å². The van der Waals surface area contributed by atoms with Gasteiger partial charge in [-0.15, -0.1) is 0 Å². The number of sulfonamides is 1. The van der Waals surface area contributed by atoms with E-state index in [4.69, 9.17) is 9.15 Å². The van der Waals surface area contributed by atoms with Gasteiger partial charge in [-0.25, -0.2) is 13.2 Å². The molecule has 0 bridgehead atoms. The van der Waals surface area contributed by atoms with Gasteiger partial charge in [-0.05, 0) is 48.5 Å². The summed E-state index contributed by atoms with van der Waals surface area (Å²) in [7, 11) is -0.894. The van der Waals surface area contributed by atoms with Crippen molar-refractivity contribution in [3.05, 3.63) is 82.8 Å². The molecule has 0 aliphatic heterocycles. The van der Waals surface area contributed by atoms with Crippen LogP contribution in [0.4, 0.5) is 11.4 Å². The molecule has 32 heavy (non-hydrogen) atoms. The molecule has 0 saturated heterocycles. The highest BCUT2D eigenvalue weighted by molar-refractivity contribution is 7.92. The third-order valence-electron chi connectivity index (χ3n) is 4.83. The van der Waals surface area contributed by atoms with Gasteiger partial charge in [-0.1, -0.05) is 12.1 Å². The van der Waals surface area contributed by atoms with Gasteiger partial charge in [0.1, 0.15) is 5.75 Å². The van der Waals surface area contributed by atoms with E-state index in [1.54, 1.807) is 24.3 Å². The number of fused-ring (bicyclic) bond motifs is 1. The van der Waals surface area contributed by atoms with Gasteiger partial charge in [0.15, 0.2) is 5.58 Å². The maximum atomic E-state index is 12.7. The second-order valence-corrected chi connectivity index (χ2v) is 8.58. The molecule has 1 aromatic heterocycles. The Morgan fingerprint density at radius 3 is 2.47 bits per heavy atom. The quantitative estimate of drug-likeness (QED) is 0.463. The van der Waals surface area contributed by atoms with Crippen LogP contribution in [0.3, 0.4) is 0 Å². The summed E-state index contributed by atoms with van der Waals surface area (Å²) >= 11 is 0. The molecule has 0 radical (unpaired) electrons. The molecule has 0 spiro atoms. The zero-order valence-electron chi connectivity index (χ0n) is 17.2. The predicted molar refractivity (Wildman–Crippen MR) is 120 cm³/mol. The SMILES string of the molecule is COc1ccccc1NC(=O)c1ccc(NS(=O)(=O)c2ccc3c(c2)oc(=O)n3C)cc1. The van der Waals surface area contributed by atoms with Gasteiger partial charge < -0.3 is 14.5 Å². The van der Waals surface area contributed by atoms with Gasteiger partial charge in [-0.3, -0.25) is 14.1 Å². The average Bonchev–Trinajstić information content (AvgIpc) is 3.07. The number of carbonyl (C=O) groups is 1. The summed E-state index contributed by atoms with van der Waals surface area (Å²) in [5.41, 5.74) is 1.79. The van der Waals surface area contributed by atoms with Crippen LogP contribution in [0.2, 0.25) is 0 Å². The number of hydrogen-bond acceptors (Lipinski definition) is 6. The number of aromatic nitrogens is 1. The molecule has 3 aromatic carbocycles. The van der Waals surface area contributed by atoms with Crippen LogP contribution in [0.15, 0.2) is 80.8 Å². The summed E-state index contributed by atoms with van der Waals surface area (Å²) < 4.78 is 39.5. The molecule has 2 N–H and O–H groups in total. The molecular weight excluding hydrogens is 434 g/mol. The normalized spacial score (nSPS) is 11.3. The number of aryl methyl sites for hydroxylation is 1. The first kappa shape index (κ1) is 21.2. The second-order valence-electron chi connectivity index (χ2n) is 6.89. The summed E-state index contributed by atoms with van der Waals surface area (Å²) in [6.45, 7) is 0. The van der Waals surface area contributed by atoms with Crippen molar-refractivity contribution in [3.63, 3.8) is 0 Å². The van der Waals surface area contributed by atoms with E-state index in [-0.39, 0.29) is 22.1 Å². The van der Waals surface area contributed by atoms with Crippen LogP contribution < -0.4 is 20.5 Å². The number of rotatable bonds is 6. The highest BCUT2D eigenvalue weighted by Gasteiger charge is 2.18. The molecule has 1 heterocycles. The summed E-state index contributed by atoms with van der Waals surface area (Å²) in [4.78, 5) is 24.1. The number of nitrogens with one attached hydrogen (secondary N) is 2. The van der Waals surface area contributed by atoms with E-state index < -0.39 is 15.8 Å². The third kappa shape index (κ3) is 4.08. The maximum Gasteiger partial charge on any atom is 0.419 e. The number of amides is 1. The third-order valence-corrected chi connectivity index (χ3v) is 6.21. The standard InChI is InChI=1S/C22H19N3O6S/c1-25-18-12-11-16(13-20(18)31-22(25)27)32(28,29)24-15-9-7-14(8-10-15)21(26)23-17-5-3-4-6-19(17)30-2/h3-13,24H,1-2H3,(H,23,26). The van der Waals surface area contributed by atoms with Crippen molar-refractivity contribution in [2.24, 2.45) is 7.05 Å². The molecule has 9 nitrogen and oxygen atoms in total. The number of hydrogen-bond donors (Lipinski definition) is 2. The van der Waals surface area contributed by atoms with Crippen LogP contribution in [0.1, 0.15) is 10.4 Å². The van der Waals surface area contributed by atoms with Gasteiger partial charge in [0.2, 0.25) is 0 Å². The number of nitrogens with zero attached hydrogens (tertiary/aromatic N) is 1. The first-order valence-corrected chi connectivity index (χ1v) is 10.9. The Labute approximate surface area is 183 Å². The molecule has 4 aromatic rings. The number of anilines is 2. The molecule has 0 unspecified atom stereocenters. The van der Waals surface area contributed by atoms with Crippen molar-refractivity contribution in [1.82, 2.24) is 4.57 Å². The molecule has 0 atom stereocenters. The van der Waals surface area contributed by atoms with E-state index in [2.05, 4.69) is 10.0 Å². The summed E-state index contributed by atoms with van der Waals surface area (Å²) in [6.07, 6.45) is 0. The number of ether oxygens (including phenoxy) is 1. The number of methoxy groups -OCH3 is 1. The Balaban J connectivity index is 1.51. The molecule has 1 amide bonds. The Morgan fingerprint density at radius 1 is 1.03 bits per heavy atom. The molecule has 4 rings (SSSR count). The number of para-hydroxylation sites is 2. The first-order chi connectivity index (χ1) is 15.3. The zero-order chi connectivity index (χ0) is 22.9. The van der Waals surface area contributed by atoms with E-state index in [9.17, 15) is 18.0 Å². The topological polar surface area (TPSA) is 120 Å². The molecular formula is C22H19N3O6S. The van der Waals surface area contributed by atoms with Gasteiger partial charge in [0.25, 0.3) is 15.9 Å². The van der Waals surface area contributed by atoms with Gasteiger partial charge >= 0.3 is 5.76 Å². The summed E-state index contributed by atoms with van der Waals surface area (Å²) in [5, 5.41) is 2.75. The van der Waals surface area contributed by atoms with Gasteiger partial charge in [0.05, 0.1) is 23.2 Å². The van der Waals surface area contributed by atoms with E-state index in [1.165, 1.54) is 61.2 Å². The van der Waals surface area contributed by atoms with Crippen molar-refractivity contribution in [1.29, 1.82) is 0 Å². The minimum Gasteiger partial charge on any atom is -0.495 e. The van der Waals surface area contributed by atoms with E-state index >= 15 is 0 Å². The van der Waals surface area contributed by atoms with Crippen LogP contribution in [0, 0.1) is 0 Å². The van der Waals surface area contributed by atoms with Crippen LogP contribution in [-0.4, -0.2) is 26.0 Å². The van der Waals surface area contributed by atoms with E-state index in [1.807, 2.05) is 0 Å². The minimum atomic E-state index is -3.94. The van der Waals surface area contributed by atoms with Crippen molar-refractivity contribution in [3.8, 4) is 5.75 Å². The van der Waals surface area contributed by atoms with Crippen molar-refractivity contribution in [2.75, 3.05) is 17.1 Å². The molecule has 164 valence electrons. The summed E-state index contributed by atoms with van der Waals surface area (Å²) in [5.74, 6) is -0.422. The molecule has 0 fully saturated rings. The van der Waals surface area contributed by atoms with Crippen molar-refractivity contribution in [2.45, 2.75) is 4.90 Å². The lowest BCUT2D eigenvalue weighted by Crippen LogP contribution is -2.14. The van der Waals surface area contributed by atoms with Crippen LogP contribution >= 0.6 is 0 Å².